The maximum atomic E-state index is 6.27. The van der Waals surface area contributed by atoms with E-state index in [2.05, 4.69) is 6.92 Å². The summed E-state index contributed by atoms with van der Waals surface area (Å²) in [5.74, 6) is 1.65. The van der Waals surface area contributed by atoms with Crippen LogP contribution in [0.4, 0.5) is 0 Å². The minimum absolute atomic E-state index is 0.173. The molecule has 0 saturated heterocycles. The molecule has 0 aliphatic heterocycles. The third-order valence-corrected chi connectivity index (χ3v) is 3.63. The van der Waals surface area contributed by atoms with Gasteiger partial charge in [-0.05, 0) is 36.6 Å². The predicted molar refractivity (Wildman–Crippen MR) is 74.6 cm³/mol. The van der Waals surface area contributed by atoms with Crippen molar-refractivity contribution < 1.29 is 9.47 Å². The molecule has 0 bridgehead atoms. The molecular weight excluding hydrogens is 252 g/mol. The summed E-state index contributed by atoms with van der Waals surface area (Å²) >= 11 is 6.27. The predicted octanol–water partition coefficient (Wildman–Crippen LogP) is 1.99. The van der Waals surface area contributed by atoms with E-state index in [0.717, 1.165) is 5.56 Å². The molecule has 0 aromatic heterocycles. The van der Waals surface area contributed by atoms with Gasteiger partial charge in [-0.1, -0.05) is 18.5 Å². The molecular formula is C13H21ClN2O2. The van der Waals surface area contributed by atoms with Gasteiger partial charge in [-0.25, -0.2) is 0 Å². The Balaban J connectivity index is 3.16. The van der Waals surface area contributed by atoms with Crippen LogP contribution < -0.4 is 20.9 Å². The molecule has 0 amide bonds. The van der Waals surface area contributed by atoms with E-state index in [1.165, 1.54) is 0 Å². The van der Waals surface area contributed by atoms with Gasteiger partial charge in [-0.2, -0.15) is 0 Å². The third kappa shape index (κ3) is 3.07. The monoisotopic (exact) mass is 272 g/mol. The van der Waals surface area contributed by atoms with Crippen molar-refractivity contribution in [3.05, 3.63) is 22.7 Å². The lowest BCUT2D eigenvalue weighted by molar-refractivity contribution is 0.353. The Kier molecular flexibility index (Phi) is 5.72. The van der Waals surface area contributed by atoms with E-state index in [0.29, 0.717) is 29.6 Å². The summed E-state index contributed by atoms with van der Waals surface area (Å²) in [7, 11) is 3.18. The van der Waals surface area contributed by atoms with Crippen LogP contribution in [0.25, 0.3) is 0 Å². The van der Waals surface area contributed by atoms with Crippen molar-refractivity contribution in [1.82, 2.24) is 0 Å². The summed E-state index contributed by atoms with van der Waals surface area (Å²) in [5.41, 5.74) is 12.4. The summed E-state index contributed by atoms with van der Waals surface area (Å²) in [6, 6.07) is 3.65. The average Bonchev–Trinajstić information content (AvgIpc) is 2.39. The van der Waals surface area contributed by atoms with E-state index in [1.54, 1.807) is 20.3 Å². The van der Waals surface area contributed by atoms with Gasteiger partial charge in [0.15, 0.2) is 11.5 Å². The normalized spacial score (nSPS) is 12.6. The largest absolute Gasteiger partial charge is 0.493 e. The van der Waals surface area contributed by atoms with Crippen molar-refractivity contribution in [2.24, 2.45) is 17.4 Å². The quantitative estimate of drug-likeness (QED) is 0.831. The molecule has 1 unspecified atom stereocenters. The Morgan fingerprint density at radius 3 is 2.06 bits per heavy atom. The zero-order chi connectivity index (χ0) is 13.7. The van der Waals surface area contributed by atoms with Crippen molar-refractivity contribution in [3.63, 3.8) is 0 Å². The van der Waals surface area contributed by atoms with Gasteiger partial charge < -0.3 is 20.9 Å². The standard InChI is InChI=1S/C13H21ClN2O2/c1-8(9(6-15)7-16)10-4-12(17-2)13(18-3)5-11(10)14/h4-5,8-9H,6-7,15-16H2,1-3H3. The van der Waals surface area contributed by atoms with Gasteiger partial charge in [0.1, 0.15) is 0 Å². The van der Waals surface area contributed by atoms with Crippen LogP contribution in [-0.2, 0) is 0 Å². The smallest absolute Gasteiger partial charge is 0.162 e. The molecule has 1 rings (SSSR count). The first-order valence-electron chi connectivity index (χ1n) is 5.90. The molecule has 0 aliphatic carbocycles. The van der Waals surface area contributed by atoms with Crippen LogP contribution in [0.5, 0.6) is 11.5 Å². The highest BCUT2D eigenvalue weighted by molar-refractivity contribution is 6.31. The van der Waals surface area contributed by atoms with Gasteiger partial charge in [0.2, 0.25) is 0 Å². The highest BCUT2D eigenvalue weighted by atomic mass is 35.5. The Hall–Kier alpha value is -0.970. The lowest BCUT2D eigenvalue weighted by Crippen LogP contribution is -2.28. The van der Waals surface area contributed by atoms with Gasteiger partial charge in [0, 0.05) is 11.1 Å². The maximum Gasteiger partial charge on any atom is 0.162 e. The molecule has 1 aromatic carbocycles. The van der Waals surface area contributed by atoms with Crippen molar-refractivity contribution >= 4 is 11.6 Å². The lowest BCUT2D eigenvalue weighted by atomic mass is 9.87. The SMILES string of the molecule is COc1cc(Cl)c(C(C)C(CN)CN)cc1OC. The van der Waals surface area contributed by atoms with Crippen LogP contribution in [0.2, 0.25) is 5.02 Å². The van der Waals surface area contributed by atoms with E-state index in [9.17, 15) is 0 Å². The van der Waals surface area contributed by atoms with Gasteiger partial charge in [-0.3, -0.25) is 0 Å². The van der Waals surface area contributed by atoms with E-state index < -0.39 is 0 Å². The molecule has 1 atom stereocenters. The second kappa shape index (κ2) is 6.83. The molecule has 4 N–H and O–H groups in total. The van der Waals surface area contributed by atoms with Gasteiger partial charge in [0.25, 0.3) is 0 Å². The number of rotatable bonds is 6. The molecule has 18 heavy (non-hydrogen) atoms. The molecule has 102 valence electrons. The van der Waals surface area contributed by atoms with E-state index in [4.69, 9.17) is 32.5 Å². The topological polar surface area (TPSA) is 70.5 Å². The number of halogens is 1. The fourth-order valence-electron chi connectivity index (χ4n) is 1.98. The first-order valence-corrected chi connectivity index (χ1v) is 6.28. The zero-order valence-corrected chi connectivity index (χ0v) is 11.8. The van der Waals surface area contributed by atoms with Crippen LogP contribution in [-0.4, -0.2) is 27.3 Å². The Bertz CT molecular complexity index is 395. The molecule has 0 aliphatic rings. The number of nitrogens with two attached hydrogens (primary N) is 2. The van der Waals surface area contributed by atoms with E-state index in [1.807, 2.05) is 6.07 Å². The third-order valence-electron chi connectivity index (χ3n) is 3.31. The minimum Gasteiger partial charge on any atom is -0.493 e. The molecule has 0 saturated carbocycles. The highest BCUT2D eigenvalue weighted by Gasteiger charge is 2.21. The zero-order valence-electron chi connectivity index (χ0n) is 11.1. The van der Waals surface area contributed by atoms with Crippen molar-refractivity contribution in [2.75, 3.05) is 27.3 Å². The second-order valence-electron chi connectivity index (χ2n) is 4.25. The molecule has 4 nitrogen and oxygen atoms in total. The lowest BCUT2D eigenvalue weighted by Gasteiger charge is -2.23. The highest BCUT2D eigenvalue weighted by Crippen LogP contribution is 2.38. The molecule has 0 fully saturated rings. The van der Waals surface area contributed by atoms with Gasteiger partial charge >= 0.3 is 0 Å². The first kappa shape index (κ1) is 15.1. The molecule has 0 heterocycles. The van der Waals surface area contributed by atoms with Gasteiger partial charge in [-0.15, -0.1) is 0 Å². The van der Waals surface area contributed by atoms with Crippen LogP contribution in [0, 0.1) is 5.92 Å². The number of methoxy groups -OCH3 is 2. The van der Waals surface area contributed by atoms with Crippen LogP contribution >= 0.6 is 11.6 Å². The van der Waals surface area contributed by atoms with Crippen molar-refractivity contribution in [3.8, 4) is 11.5 Å². The van der Waals surface area contributed by atoms with Crippen LogP contribution in [0.1, 0.15) is 18.4 Å². The summed E-state index contributed by atoms with van der Waals surface area (Å²) in [6.45, 7) is 3.13. The van der Waals surface area contributed by atoms with E-state index >= 15 is 0 Å². The Labute approximate surface area is 113 Å². The fourth-order valence-corrected chi connectivity index (χ4v) is 2.30. The summed E-state index contributed by atoms with van der Waals surface area (Å²) in [6.07, 6.45) is 0. The molecule has 0 radical (unpaired) electrons. The molecule has 0 spiro atoms. The summed E-state index contributed by atoms with van der Waals surface area (Å²) in [5, 5.41) is 0.645. The number of hydrogen-bond donors (Lipinski definition) is 2. The minimum atomic E-state index is 0.173. The number of ether oxygens (including phenoxy) is 2. The Morgan fingerprint density at radius 2 is 1.61 bits per heavy atom. The van der Waals surface area contributed by atoms with Gasteiger partial charge in [0.05, 0.1) is 14.2 Å². The first-order chi connectivity index (χ1) is 8.58. The fraction of sp³-hybridized carbons (Fsp3) is 0.538. The Morgan fingerprint density at radius 1 is 1.11 bits per heavy atom. The van der Waals surface area contributed by atoms with Crippen molar-refractivity contribution in [2.45, 2.75) is 12.8 Å². The summed E-state index contributed by atoms with van der Waals surface area (Å²) < 4.78 is 10.5. The van der Waals surface area contributed by atoms with Crippen LogP contribution in [0.3, 0.4) is 0 Å². The number of benzene rings is 1. The van der Waals surface area contributed by atoms with Crippen LogP contribution in [0.15, 0.2) is 12.1 Å². The maximum absolute atomic E-state index is 6.27. The summed E-state index contributed by atoms with van der Waals surface area (Å²) in [4.78, 5) is 0. The molecule has 1 aromatic rings. The number of hydrogen-bond acceptors (Lipinski definition) is 4. The second-order valence-corrected chi connectivity index (χ2v) is 4.66. The molecule has 5 heteroatoms. The average molecular weight is 273 g/mol. The van der Waals surface area contributed by atoms with Crippen molar-refractivity contribution in [1.29, 1.82) is 0 Å². The van der Waals surface area contributed by atoms with E-state index in [-0.39, 0.29) is 11.8 Å².